The Balaban J connectivity index is 2.40. The average molecular weight is 372 g/mol. The molecule has 1 aromatic carbocycles. The van der Waals surface area contributed by atoms with Crippen molar-refractivity contribution in [3.63, 3.8) is 0 Å². The molecule has 0 aromatic heterocycles. The molecule has 0 bridgehead atoms. The van der Waals surface area contributed by atoms with Crippen LogP contribution in [0, 0.1) is 0 Å². The van der Waals surface area contributed by atoms with Crippen LogP contribution in [0.1, 0.15) is 44.5 Å². The van der Waals surface area contributed by atoms with Crippen molar-refractivity contribution in [3.05, 3.63) is 58.4 Å². The van der Waals surface area contributed by atoms with Crippen molar-refractivity contribution in [3.8, 4) is 0 Å². The predicted octanol–water partition coefficient (Wildman–Crippen LogP) is 2.71. The van der Waals surface area contributed by atoms with Gasteiger partial charge in [0.05, 0.1) is 24.4 Å². The number of carbonyl (C=O) groups is 3. The quantitative estimate of drug-likeness (QED) is 0.773. The number of hydrazine groups is 1. The maximum absolute atomic E-state index is 12.6. The van der Waals surface area contributed by atoms with Gasteiger partial charge >= 0.3 is 11.9 Å². The fourth-order valence-electron chi connectivity index (χ4n) is 2.75. The number of rotatable bonds is 6. The molecule has 0 aliphatic carbocycles. The van der Waals surface area contributed by atoms with E-state index in [2.05, 4.69) is 5.43 Å². The first-order valence-electron chi connectivity index (χ1n) is 8.80. The molecular formula is C20H24N2O5. The van der Waals surface area contributed by atoms with Gasteiger partial charge in [-0.1, -0.05) is 18.2 Å². The maximum Gasteiger partial charge on any atom is 0.336 e. The van der Waals surface area contributed by atoms with Crippen LogP contribution in [0.2, 0.25) is 0 Å². The zero-order valence-corrected chi connectivity index (χ0v) is 16.0. The van der Waals surface area contributed by atoms with Gasteiger partial charge in [-0.05, 0) is 39.8 Å². The molecule has 7 nitrogen and oxygen atoms in total. The zero-order valence-electron chi connectivity index (χ0n) is 16.0. The normalized spacial score (nSPS) is 14.1. The van der Waals surface area contributed by atoms with E-state index in [1.807, 2.05) is 6.07 Å². The Bertz CT molecular complexity index is 756. The summed E-state index contributed by atoms with van der Waals surface area (Å²) in [6.45, 7) is 7.23. The summed E-state index contributed by atoms with van der Waals surface area (Å²) in [6.07, 6.45) is 0.0903. The lowest BCUT2D eigenvalue weighted by Crippen LogP contribution is -2.43. The fraction of sp³-hybridized carbons (Fsp3) is 0.350. The highest BCUT2D eigenvalue weighted by atomic mass is 16.5. The van der Waals surface area contributed by atoms with E-state index < -0.39 is 11.9 Å². The van der Waals surface area contributed by atoms with E-state index in [0.29, 0.717) is 28.1 Å². The molecule has 27 heavy (non-hydrogen) atoms. The van der Waals surface area contributed by atoms with E-state index in [0.717, 1.165) is 0 Å². The Labute approximate surface area is 158 Å². The number of amides is 1. The lowest BCUT2D eigenvalue weighted by atomic mass is 9.97. The van der Waals surface area contributed by atoms with Crippen molar-refractivity contribution in [2.45, 2.75) is 34.1 Å². The van der Waals surface area contributed by atoms with Crippen LogP contribution in [-0.4, -0.2) is 36.1 Å². The van der Waals surface area contributed by atoms with Crippen LogP contribution in [0.15, 0.2) is 52.9 Å². The van der Waals surface area contributed by atoms with E-state index in [9.17, 15) is 14.4 Å². The van der Waals surface area contributed by atoms with E-state index in [4.69, 9.17) is 9.47 Å². The molecule has 1 heterocycles. The van der Waals surface area contributed by atoms with Crippen molar-refractivity contribution < 1.29 is 23.9 Å². The lowest BCUT2D eigenvalue weighted by Gasteiger charge is -2.33. The third kappa shape index (κ3) is 4.55. The summed E-state index contributed by atoms with van der Waals surface area (Å²) in [5.74, 6) is -1.41. The minimum absolute atomic E-state index is 0.0903. The van der Waals surface area contributed by atoms with Crippen LogP contribution in [0.25, 0.3) is 0 Å². The number of ether oxygens (including phenoxy) is 2. The minimum atomic E-state index is -0.525. The molecule has 0 fully saturated rings. The van der Waals surface area contributed by atoms with Crippen molar-refractivity contribution in [1.82, 2.24) is 10.4 Å². The van der Waals surface area contributed by atoms with Gasteiger partial charge in [-0.3, -0.25) is 15.2 Å². The topological polar surface area (TPSA) is 84.9 Å². The summed E-state index contributed by atoms with van der Waals surface area (Å²) < 4.78 is 10.2. The summed E-state index contributed by atoms with van der Waals surface area (Å²) >= 11 is 0. The molecule has 0 radical (unpaired) electrons. The molecule has 0 saturated heterocycles. The Morgan fingerprint density at radius 3 is 1.85 bits per heavy atom. The third-order valence-corrected chi connectivity index (χ3v) is 4.19. The van der Waals surface area contributed by atoms with Crippen LogP contribution in [0.3, 0.4) is 0 Å². The molecule has 1 N–H and O–H groups in total. The molecular weight excluding hydrogens is 348 g/mol. The van der Waals surface area contributed by atoms with E-state index in [1.54, 1.807) is 52.0 Å². The third-order valence-electron chi connectivity index (χ3n) is 4.19. The molecule has 1 aliphatic rings. The standard InChI is InChI=1S/C20H24N2O5/c1-5-26-19(24)16-12-17(20(25)27-6-2)14(4)22(13(16)3)21-18(23)15-10-8-7-9-11-15/h7-11H,5-6,12H2,1-4H3,(H,21,23). The van der Waals surface area contributed by atoms with Gasteiger partial charge in [0.2, 0.25) is 0 Å². The van der Waals surface area contributed by atoms with Crippen LogP contribution < -0.4 is 5.43 Å². The number of nitrogens with one attached hydrogen (secondary N) is 1. The molecule has 1 amide bonds. The summed E-state index contributed by atoms with van der Waals surface area (Å²) in [6, 6.07) is 8.67. The number of esters is 2. The molecule has 0 atom stereocenters. The molecule has 0 unspecified atom stereocenters. The highest BCUT2D eigenvalue weighted by molar-refractivity contribution is 5.97. The van der Waals surface area contributed by atoms with Crippen LogP contribution in [-0.2, 0) is 19.1 Å². The highest BCUT2D eigenvalue weighted by Crippen LogP contribution is 2.30. The molecule has 0 saturated carbocycles. The largest absolute Gasteiger partial charge is 0.463 e. The van der Waals surface area contributed by atoms with Crippen molar-refractivity contribution in [2.24, 2.45) is 0 Å². The molecule has 144 valence electrons. The van der Waals surface area contributed by atoms with Gasteiger partial charge in [-0.15, -0.1) is 0 Å². The predicted molar refractivity (Wildman–Crippen MR) is 99.0 cm³/mol. The fourth-order valence-corrected chi connectivity index (χ4v) is 2.75. The number of benzene rings is 1. The summed E-state index contributed by atoms with van der Waals surface area (Å²) in [5.41, 5.74) is 4.82. The SMILES string of the molecule is CCOC(=O)C1=C(C)N(NC(=O)c2ccccc2)C(C)=C(C(=O)OCC)C1. The number of hydrogen-bond donors (Lipinski definition) is 1. The Morgan fingerprint density at radius 2 is 1.41 bits per heavy atom. The van der Waals surface area contributed by atoms with Crippen LogP contribution in [0.5, 0.6) is 0 Å². The van der Waals surface area contributed by atoms with Gasteiger partial charge in [0, 0.05) is 23.4 Å². The molecule has 1 aromatic rings. The number of allylic oxidation sites excluding steroid dienone is 2. The number of nitrogens with zero attached hydrogens (tertiary/aromatic N) is 1. The Morgan fingerprint density at radius 1 is 0.926 bits per heavy atom. The Hall–Kier alpha value is -3.09. The first kappa shape index (κ1) is 20.2. The van der Waals surface area contributed by atoms with Crippen LogP contribution in [0.4, 0.5) is 0 Å². The first-order chi connectivity index (χ1) is 12.9. The minimum Gasteiger partial charge on any atom is -0.463 e. The number of hydrogen-bond acceptors (Lipinski definition) is 6. The second-order valence-corrected chi connectivity index (χ2v) is 5.89. The van der Waals surface area contributed by atoms with Gasteiger partial charge in [0.25, 0.3) is 5.91 Å². The van der Waals surface area contributed by atoms with Crippen molar-refractivity contribution in [2.75, 3.05) is 13.2 Å². The second-order valence-electron chi connectivity index (χ2n) is 5.89. The van der Waals surface area contributed by atoms with Crippen molar-refractivity contribution in [1.29, 1.82) is 0 Å². The van der Waals surface area contributed by atoms with Crippen molar-refractivity contribution >= 4 is 17.8 Å². The summed E-state index contributed by atoms with van der Waals surface area (Å²) in [4.78, 5) is 37.3. The maximum atomic E-state index is 12.6. The lowest BCUT2D eigenvalue weighted by molar-refractivity contribution is -0.139. The summed E-state index contributed by atoms with van der Waals surface area (Å²) in [7, 11) is 0. The molecule has 7 heteroatoms. The van der Waals surface area contributed by atoms with Gasteiger partial charge < -0.3 is 9.47 Å². The Kier molecular flexibility index (Phi) is 6.76. The molecule has 2 rings (SSSR count). The average Bonchev–Trinajstić information content (AvgIpc) is 2.66. The molecule has 1 aliphatic heterocycles. The van der Waals surface area contributed by atoms with E-state index >= 15 is 0 Å². The van der Waals surface area contributed by atoms with Crippen LogP contribution >= 0.6 is 0 Å². The van der Waals surface area contributed by atoms with Gasteiger partial charge in [-0.25, -0.2) is 9.59 Å². The van der Waals surface area contributed by atoms with Gasteiger partial charge in [0.15, 0.2) is 0 Å². The van der Waals surface area contributed by atoms with Gasteiger partial charge in [-0.2, -0.15) is 0 Å². The van der Waals surface area contributed by atoms with E-state index in [1.165, 1.54) is 5.01 Å². The zero-order chi connectivity index (χ0) is 20.0. The smallest absolute Gasteiger partial charge is 0.336 e. The second kappa shape index (κ2) is 9.02. The first-order valence-corrected chi connectivity index (χ1v) is 8.80. The monoisotopic (exact) mass is 372 g/mol. The summed E-state index contributed by atoms with van der Waals surface area (Å²) in [5, 5.41) is 1.44. The highest BCUT2D eigenvalue weighted by Gasteiger charge is 2.32. The molecule has 0 spiro atoms. The number of carbonyl (C=O) groups excluding carboxylic acids is 3. The van der Waals surface area contributed by atoms with Gasteiger partial charge in [0.1, 0.15) is 0 Å². The van der Waals surface area contributed by atoms with E-state index in [-0.39, 0.29) is 25.5 Å².